The zero-order chi connectivity index (χ0) is 13.1. The van der Waals surface area contributed by atoms with Crippen molar-refractivity contribution < 1.29 is 19.4 Å². The van der Waals surface area contributed by atoms with Crippen molar-refractivity contribution in [2.75, 3.05) is 19.8 Å². The van der Waals surface area contributed by atoms with Gasteiger partial charge >= 0.3 is 12.0 Å². The van der Waals surface area contributed by atoms with E-state index in [-0.39, 0.29) is 19.8 Å². The first-order valence-electron chi connectivity index (χ1n) is 5.05. The third-order valence-corrected chi connectivity index (χ3v) is 2.82. The summed E-state index contributed by atoms with van der Waals surface area (Å²) in [7, 11) is 0. The molecule has 1 rings (SSSR count). The van der Waals surface area contributed by atoms with Gasteiger partial charge in [-0.3, -0.25) is 4.79 Å². The molecule has 17 heavy (non-hydrogen) atoms. The average Bonchev–Trinajstić information content (AvgIpc) is 2.59. The lowest BCUT2D eigenvalue weighted by Gasteiger charge is -2.25. The van der Waals surface area contributed by atoms with Gasteiger partial charge in [0.1, 0.15) is 5.41 Å². The van der Waals surface area contributed by atoms with Gasteiger partial charge in [0.15, 0.2) is 0 Å². The normalized spacial score (nSPS) is 27.5. The fourth-order valence-corrected chi connectivity index (χ4v) is 1.54. The van der Waals surface area contributed by atoms with Gasteiger partial charge in [-0.25, -0.2) is 4.79 Å². The highest BCUT2D eigenvalue weighted by Gasteiger charge is 2.47. The number of aliphatic carboxylic acids is 1. The minimum Gasteiger partial charge on any atom is -0.481 e. The number of carbonyl (C=O) groups excluding carboxylic acids is 1. The minimum absolute atomic E-state index is 0.0789. The van der Waals surface area contributed by atoms with Crippen LogP contribution in [0.2, 0.25) is 0 Å². The Labute approximate surface area is 104 Å². The Morgan fingerprint density at radius 3 is 2.82 bits per heavy atom. The zero-order valence-corrected chi connectivity index (χ0v) is 10.2. The van der Waals surface area contributed by atoms with Gasteiger partial charge in [0.2, 0.25) is 0 Å². The van der Waals surface area contributed by atoms with E-state index in [1.807, 2.05) is 0 Å². The third kappa shape index (κ3) is 3.34. The number of carboxylic acids is 1. The molecule has 1 heterocycles. The monoisotopic (exact) mass is 262 g/mol. The Morgan fingerprint density at radius 1 is 1.65 bits per heavy atom. The molecule has 1 aliphatic heterocycles. The summed E-state index contributed by atoms with van der Waals surface area (Å²) in [5.41, 5.74) is -1.10. The molecule has 96 valence electrons. The third-order valence-electron chi connectivity index (χ3n) is 2.69. The molecule has 0 spiro atoms. The Balaban J connectivity index is 2.53. The van der Waals surface area contributed by atoms with Crippen LogP contribution in [-0.2, 0) is 9.53 Å². The summed E-state index contributed by atoms with van der Waals surface area (Å²) < 4.78 is 5.09. The van der Waals surface area contributed by atoms with Crippen LogP contribution in [-0.4, -0.2) is 42.9 Å². The van der Waals surface area contributed by atoms with Crippen molar-refractivity contribution in [2.24, 2.45) is 5.41 Å². The van der Waals surface area contributed by atoms with Gasteiger partial charge in [-0.05, 0) is 6.92 Å². The molecule has 1 saturated heterocycles. The number of nitrogens with one attached hydrogen (secondary N) is 2. The lowest BCUT2D eigenvalue weighted by atomic mass is 9.85. The molecule has 7 heteroatoms. The Kier molecular flexibility index (Phi) is 4.36. The first kappa shape index (κ1) is 13.8. The van der Waals surface area contributed by atoms with E-state index >= 15 is 0 Å². The van der Waals surface area contributed by atoms with E-state index in [9.17, 15) is 9.59 Å². The number of halogens is 1. The Bertz CT molecular complexity index is 347. The number of urea groups is 1. The molecule has 0 saturated carbocycles. The zero-order valence-electron chi connectivity index (χ0n) is 9.46. The number of rotatable bonds is 4. The van der Waals surface area contributed by atoms with Crippen molar-refractivity contribution in [2.45, 2.75) is 13.0 Å². The van der Waals surface area contributed by atoms with Crippen LogP contribution in [0.3, 0.4) is 0 Å². The van der Waals surface area contributed by atoms with Crippen molar-refractivity contribution in [3.05, 3.63) is 11.6 Å². The smallest absolute Gasteiger partial charge is 0.315 e. The van der Waals surface area contributed by atoms with Crippen LogP contribution < -0.4 is 10.6 Å². The van der Waals surface area contributed by atoms with Crippen molar-refractivity contribution in [3.8, 4) is 0 Å². The molecule has 0 radical (unpaired) electrons. The minimum atomic E-state index is -1.10. The van der Waals surface area contributed by atoms with E-state index < -0.39 is 23.5 Å². The molecule has 3 N–H and O–H groups in total. The number of carboxylic acid groups (broad SMARTS) is 1. The van der Waals surface area contributed by atoms with Crippen molar-refractivity contribution in [1.82, 2.24) is 10.6 Å². The predicted octanol–water partition coefficient (Wildman–Crippen LogP) is 0.528. The fourth-order valence-electron chi connectivity index (χ4n) is 1.47. The summed E-state index contributed by atoms with van der Waals surface area (Å²) in [4.78, 5) is 22.5. The van der Waals surface area contributed by atoms with Gasteiger partial charge in [-0.15, -0.1) is 0 Å². The summed E-state index contributed by atoms with van der Waals surface area (Å²) in [5.74, 6) is -0.998. The van der Waals surface area contributed by atoms with Crippen LogP contribution in [0.25, 0.3) is 0 Å². The second kappa shape index (κ2) is 5.37. The van der Waals surface area contributed by atoms with Crippen molar-refractivity contribution in [3.63, 3.8) is 0 Å². The van der Waals surface area contributed by atoms with Gasteiger partial charge in [-0.2, -0.15) is 0 Å². The highest BCUT2D eigenvalue weighted by Crippen LogP contribution is 2.28. The molecule has 0 bridgehead atoms. The average molecular weight is 263 g/mol. The van der Waals surface area contributed by atoms with Crippen LogP contribution in [0, 0.1) is 5.41 Å². The summed E-state index contributed by atoms with van der Waals surface area (Å²) in [6, 6.07) is -1.06. The van der Waals surface area contributed by atoms with Crippen LogP contribution in [0.4, 0.5) is 4.79 Å². The maximum atomic E-state index is 11.4. The lowest BCUT2D eigenvalue weighted by Crippen LogP contribution is -2.52. The molecule has 1 fully saturated rings. The number of ether oxygens (including phenoxy) is 1. The summed E-state index contributed by atoms with van der Waals surface area (Å²) in [5, 5.41) is 14.4. The topological polar surface area (TPSA) is 87.7 Å². The Hall–Kier alpha value is -1.27. The molecular weight excluding hydrogens is 248 g/mol. The van der Waals surface area contributed by atoms with Crippen LogP contribution in [0.1, 0.15) is 6.92 Å². The van der Waals surface area contributed by atoms with E-state index in [4.69, 9.17) is 21.4 Å². The highest BCUT2D eigenvalue weighted by atomic mass is 35.5. The van der Waals surface area contributed by atoms with E-state index in [0.29, 0.717) is 5.03 Å². The molecule has 1 aliphatic rings. The summed E-state index contributed by atoms with van der Waals surface area (Å²) in [6.07, 6.45) is 0. The predicted molar refractivity (Wildman–Crippen MR) is 61.9 cm³/mol. The SMILES string of the molecule is C=C(Cl)CNC(=O)NC1COCC1(C)C(=O)O. The van der Waals surface area contributed by atoms with Gasteiger partial charge in [-0.1, -0.05) is 18.2 Å². The molecule has 0 aromatic carbocycles. The maximum Gasteiger partial charge on any atom is 0.315 e. The van der Waals surface area contributed by atoms with Crippen LogP contribution in [0.15, 0.2) is 11.6 Å². The largest absolute Gasteiger partial charge is 0.481 e. The first-order valence-corrected chi connectivity index (χ1v) is 5.43. The van der Waals surface area contributed by atoms with Crippen molar-refractivity contribution >= 4 is 23.6 Å². The fraction of sp³-hybridized carbons (Fsp3) is 0.600. The quantitative estimate of drug-likeness (QED) is 0.690. The molecule has 2 amide bonds. The van der Waals surface area contributed by atoms with E-state index in [1.54, 1.807) is 0 Å². The summed E-state index contributed by atoms with van der Waals surface area (Å²) >= 11 is 5.49. The van der Waals surface area contributed by atoms with Gasteiger partial charge in [0.05, 0.1) is 25.8 Å². The van der Waals surface area contributed by atoms with E-state index in [2.05, 4.69) is 17.2 Å². The van der Waals surface area contributed by atoms with E-state index in [0.717, 1.165) is 0 Å². The maximum absolute atomic E-state index is 11.4. The number of hydrogen-bond acceptors (Lipinski definition) is 3. The molecular formula is C10H15ClN2O4. The van der Waals surface area contributed by atoms with E-state index in [1.165, 1.54) is 6.92 Å². The van der Waals surface area contributed by atoms with Gasteiger partial charge < -0.3 is 20.5 Å². The van der Waals surface area contributed by atoms with Crippen molar-refractivity contribution in [1.29, 1.82) is 0 Å². The molecule has 2 unspecified atom stereocenters. The second-order valence-electron chi connectivity index (χ2n) is 4.13. The number of carbonyl (C=O) groups is 2. The standard InChI is InChI=1S/C10H15ClN2O4/c1-6(11)3-12-9(16)13-7-4-17-5-10(7,2)8(14)15/h7H,1,3-5H2,2H3,(H,14,15)(H2,12,13,16). The van der Waals surface area contributed by atoms with Crippen LogP contribution in [0.5, 0.6) is 0 Å². The molecule has 0 aromatic heterocycles. The first-order chi connectivity index (χ1) is 7.86. The highest BCUT2D eigenvalue weighted by molar-refractivity contribution is 6.29. The second-order valence-corrected chi connectivity index (χ2v) is 4.67. The molecule has 0 aliphatic carbocycles. The lowest BCUT2D eigenvalue weighted by molar-refractivity contribution is -0.148. The van der Waals surface area contributed by atoms with Crippen LogP contribution >= 0.6 is 11.6 Å². The summed E-state index contributed by atoms with van der Waals surface area (Å²) in [6.45, 7) is 5.34. The number of hydrogen-bond donors (Lipinski definition) is 3. The number of amides is 2. The van der Waals surface area contributed by atoms with Gasteiger partial charge in [0.25, 0.3) is 0 Å². The Morgan fingerprint density at radius 2 is 2.29 bits per heavy atom. The molecule has 2 atom stereocenters. The molecule has 0 aromatic rings. The van der Waals surface area contributed by atoms with Gasteiger partial charge in [0, 0.05) is 5.03 Å². The molecule has 6 nitrogen and oxygen atoms in total.